The van der Waals surface area contributed by atoms with Crippen molar-refractivity contribution in [1.29, 1.82) is 0 Å². The van der Waals surface area contributed by atoms with E-state index >= 15 is 0 Å². The van der Waals surface area contributed by atoms with Gasteiger partial charge in [0.15, 0.2) is 0 Å². The smallest absolute Gasteiger partial charge is 0.238 e. The molecule has 5 nitrogen and oxygen atoms in total. The Balaban J connectivity index is 2.81. The average Bonchev–Trinajstić information content (AvgIpc) is 2.45. The minimum absolute atomic E-state index is 0.182. The standard InChI is InChI=1S/C9H15BrN4O/c1-5(9(15)12-11)4-14-7(3)8(10)6(2)13-14/h5H,4,11H2,1-3H3,(H,12,15)/t5-/m0/s1. The molecular weight excluding hydrogens is 260 g/mol. The Hall–Kier alpha value is -0.880. The lowest BCUT2D eigenvalue weighted by atomic mass is 10.2. The third-order valence-corrected chi connectivity index (χ3v) is 3.48. The highest BCUT2D eigenvalue weighted by Crippen LogP contribution is 2.20. The van der Waals surface area contributed by atoms with Crippen LogP contribution in [-0.4, -0.2) is 15.7 Å². The molecule has 15 heavy (non-hydrogen) atoms. The number of amides is 1. The largest absolute Gasteiger partial charge is 0.294 e. The molecule has 1 amide bonds. The second-order valence-electron chi connectivity index (χ2n) is 3.58. The molecule has 0 bridgehead atoms. The summed E-state index contributed by atoms with van der Waals surface area (Å²) >= 11 is 3.44. The Morgan fingerprint density at radius 2 is 2.27 bits per heavy atom. The summed E-state index contributed by atoms with van der Waals surface area (Å²) in [6.07, 6.45) is 0. The highest BCUT2D eigenvalue weighted by molar-refractivity contribution is 9.10. The Bertz CT molecular complexity index is 374. The number of carbonyl (C=O) groups is 1. The van der Waals surface area contributed by atoms with Gasteiger partial charge in [-0.15, -0.1) is 0 Å². The van der Waals surface area contributed by atoms with E-state index in [2.05, 4.69) is 26.5 Å². The zero-order valence-corrected chi connectivity index (χ0v) is 10.6. The summed E-state index contributed by atoms with van der Waals surface area (Å²) in [6, 6.07) is 0. The molecule has 1 aromatic heterocycles. The van der Waals surface area contributed by atoms with Gasteiger partial charge in [0.2, 0.25) is 5.91 Å². The van der Waals surface area contributed by atoms with E-state index in [1.54, 1.807) is 4.68 Å². The van der Waals surface area contributed by atoms with E-state index in [4.69, 9.17) is 5.84 Å². The number of hydrogen-bond acceptors (Lipinski definition) is 3. The molecule has 1 atom stereocenters. The number of nitrogens with zero attached hydrogens (tertiary/aromatic N) is 2. The lowest BCUT2D eigenvalue weighted by molar-refractivity contribution is -0.125. The maximum absolute atomic E-state index is 11.2. The molecule has 1 aromatic rings. The lowest BCUT2D eigenvalue weighted by Crippen LogP contribution is -2.36. The lowest BCUT2D eigenvalue weighted by Gasteiger charge is -2.10. The van der Waals surface area contributed by atoms with Crippen LogP contribution >= 0.6 is 15.9 Å². The van der Waals surface area contributed by atoms with Crippen LogP contribution in [-0.2, 0) is 11.3 Å². The summed E-state index contributed by atoms with van der Waals surface area (Å²) in [5.41, 5.74) is 4.08. The van der Waals surface area contributed by atoms with Crippen LogP contribution < -0.4 is 11.3 Å². The quantitative estimate of drug-likeness (QED) is 0.489. The number of aromatic nitrogens is 2. The van der Waals surface area contributed by atoms with E-state index in [1.165, 1.54) is 0 Å². The van der Waals surface area contributed by atoms with E-state index in [9.17, 15) is 4.79 Å². The Labute approximate surface area is 97.1 Å². The molecular formula is C9H15BrN4O. The summed E-state index contributed by atoms with van der Waals surface area (Å²) in [7, 11) is 0. The van der Waals surface area contributed by atoms with Crippen LogP contribution in [0.25, 0.3) is 0 Å². The third kappa shape index (κ3) is 2.57. The van der Waals surface area contributed by atoms with Crippen molar-refractivity contribution in [2.75, 3.05) is 0 Å². The number of hydrazine groups is 1. The van der Waals surface area contributed by atoms with Crippen molar-refractivity contribution in [3.8, 4) is 0 Å². The van der Waals surface area contributed by atoms with E-state index in [0.29, 0.717) is 6.54 Å². The fourth-order valence-corrected chi connectivity index (χ4v) is 1.62. The fraction of sp³-hybridized carbons (Fsp3) is 0.556. The topological polar surface area (TPSA) is 72.9 Å². The maximum atomic E-state index is 11.2. The van der Waals surface area contributed by atoms with E-state index in [-0.39, 0.29) is 11.8 Å². The molecule has 0 unspecified atom stereocenters. The summed E-state index contributed by atoms with van der Waals surface area (Å²) < 4.78 is 2.79. The normalized spacial score (nSPS) is 12.6. The van der Waals surface area contributed by atoms with Crippen molar-refractivity contribution >= 4 is 21.8 Å². The molecule has 0 aromatic carbocycles. The summed E-state index contributed by atoms with van der Waals surface area (Å²) in [6.45, 7) is 6.21. The van der Waals surface area contributed by atoms with Gasteiger partial charge in [-0.3, -0.25) is 14.9 Å². The minimum atomic E-state index is -0.195. The van der Waals surface area contributed by atoms with Crippen molar-refractivity contribution in [2.24, 2.45) is 11.8 Å². The van der Waals surface area contributed by atoms with E-state index in [1.807, 2.05) is 20.8 Å². The molecule has 0 saturated heterocycles. The Morgan fingerprint density at radius 1 is 1.67 bits per heavy atom. The average molecular weight is 275 g/mol. The first-order valence-corrected chi connectivity index (χ1v) is 5.46. The predicted octanol–water partition coefficient (Wildman–Crippen LogP) is 0.888. The van der Waals surface area contributed by atoms with Crippen molar-refractivity contribution in [1.82, 2.24) is 15.2 Å². The monoisotopic (exact) mass is 274 g/mol. The molecule has 0 aliphatic heterocycles. The van der Waals surface area contributed by atoms with Crippen LogP contribution in [0.3, 0.4) is 0 Å². The maximum Gasteiger partial charge on any atom is 0.238 e. The van der Waals surface area contributed by atoms with E-state index < -0.39 is 0 Å². The first-order chi connectivity index (χ1) is 6.97. The van der Waals surface area contributed by atoms with Gasteiger partial charge in [0, 0.05) is 5.69 Å². The van der Waals surface area contributed by atoms with Crippen LogP contribution in [0.15, 0.2) is 4.47 Å². The molecule has 0 fully saturated rings. The molecule has 84 valence electrons. The summed E-state index contributed by atoms with van der Waals surface area (Å²) in [4.78, 5) is 11.2. The number of nitrogens with two attached hydrogens (primary N) is 1. The number of carbonyl (C=O) groups excluding carboxylic acids is 1. The van der Waals surface area contributed by atoms with Crippen molar-refractivity contribution in [3.05, 3.63) is 15.9 Å². The second-order valence-corrected chi connectivity index (χ2v) is 4.37. The number of rotatable bonds is 3. The van der Waals surface area contributed by atoms with E-state index in [0.717, 1.165) is 15.9 Å². The highest BCUT2D eigenvalue weighted by atomic mass is 79.9. The molecule has 1 rings (SSSR count). The Kier molecular flexibility index (Phi) is 3.87. The first kappa shape index (κ1) is 12.2. The molecule has 0 spiro atoms. The van der Waals surface area contributed by atoms with Gasteiger partial charge < -0.3 is 0 Å². The molecule has 0 saturated carbocycles. The van der Waals surface area contributed by atoms with Crippen LogP contribution in [0.2, 0.25) is 0 Å². The molecule has 0 radical (unpaired) electrons. The van der Waals surface area contributed by atoms with Gasteiger partial charge >= 0.3 is 0 Å². The van der Waals surface area contributed by atoms with Gasteiger partial charge in [-0.25, -0.2) is 5.84 Å². The SMILES string of the molecule is Cc1nn(C[C@H](C)C(=O)NN)c(C)c1Br. The van der Waals surface area contributed by atoms with Gasteiger partial charge in [-0.05, 0) is 29.8 Å². The summed E-state index contributed by atoms with van der Waals surface area (Å²) in [5.74, 6) is 4.68. The number of hydrogen-bond donors (Lipinski definition) is 2. The summed E-state index contributed by atoms with van der Waals surface area (Å²) in [5, 5.41) is 4.32. The van der Waals surface area contributed by atoms with Crippen molar-refractivity contribution in [3.63, 3.8) is 0 Å². The zero-order valence-electron chi connectivity index (χ0n) is 9.04. The fourth-order valence-electron chi connectivity index (χ4n) is 1.34. The van der Waals surface area contributed by atoms with Gasteiger partial charge in [0.05, 0.1) is 22.6 Å². The first-order valence-electron chi connectivity index (χ1n) is 4.67. The van der Waals surface area contributed by atoms with Crippen LogP contribution in [0.5, 0.6) is 0 Å². The minimum Gasteiger partial charge on any atom is -0.294 e. The number of halogens is 1. The molecule has 3 N–H and O–H groups in total. The van der Waals surface area contributed by atoms with Crippen molar-refractivity contribution < 1.29 is 4.79 Å². The van der Waals surface area contributed by atoms with Gasteiger partial charge in [-0.2, -0.15) is 5.10 Å². The predicted molar refractivity (Wildman–Crippen MR) is 60.9 cm³/mol. The molecule has 6 heteroatoms. The van der Waals surface area contributed by atoms with Gasteiger partial charge in [0.25, 0.3) is 0 Å². The number of aryl methyl sites for hydroxylation is 1. The Morgan fingerprint density at radius 3 is 2.67 bits per heavy atom. The van der Waals surface area contributed by atoms with Crippen LogP contribution in [0, 0.1) is 19.8 Å². The third-order valence-electron chi connectivity index (χ3n) is 2.33. The van der Waals surface area contributed by atoms with Gasteiger partial charge in [-0.1, -0.05) is 6.92 Å². The molecule has 1 heterocycles. The van der Waals surface area contributed by atoms with Crippen molar-refractivity contribution in [2.45, 2.75) is 27.3 Å². The van der Waals surface area contributed by atoms with Crippen LogP contribution in [0.4, 0.5) is 0 Å². The second kappa shape index (κ2) is 4.76. The van der Waals surface area contributed by atoms with Crippen LogP contribution in [0.1, 0.15) is 18.3 Å². The zero-order chi connectivity index (χ0) is 11.6. The van der Waals surface area contributed by atoms with Gasteiger partial charge in [0.1, 0.15) is 0 Å². The molecule has 0 aliphatic carbocycles. The molecule has 0 aliphatic rings. The number of nitrogens with one attached hydrogen (secondary N) is 1. The highest BCUT2D eigenvalue weighted by Gasteiger charge is 2.15.